The lowest BCUT2D eigenvalue weighted by molar-refractivity contribution is -0.133. The quantitative estimate of drug-likeness (QED) is 0.509. The summed E-state index contributed by atoms with van der Waals surface area (Å²) in [5.41, 5.74) is 2.43. The van der Waals surface area contributed by atoms with Crippen molar-refractivity contribution in [2.75, 3.05) is 27.0 Å². The Morgan fingerprint density at radius 2 is 1.86 bits per heavy atom. The lowest BCUT2D eigenvalue weighted by Gasteiger charge is -2.50. The molecule has 6 rings (SSSR count). The van der Waals surface area contributed by atoms with Gasteiger partial charge in [0.05, 0.1) is 13.2 Å². The highest BCUT2D eigenvalue weighted by Gasteiger charge is 2.49. The van der Waals surface area contributed by atoms with Gasteiger partial charge in [-0.15, -0.1) is 0 Å². The summed E-state index contributed by atoms with van der Waals surface area (Å²) >= 11 is 0. The van der Waals surface area contributed by atoms with Gasteiger partial charge in [0.2, 0.25) is 18.4 Å². The van der Waals surface area contributed by atoms with Crippen LogP contribution < -0.4 is 14.2 Å². The number of aromatic nitrogens is 1. The van der Waals surface area contributed by atoms with Gasteiger partial charge < -0.3 is 24.0 Å². The fraction of sp³-hybridized carbons (Fsp3) is 0.286. The third-order valence-electron chi connectivity index (χ3n) is 7.36. The summed E-state index contributed by atoms with van der Waals surface area (Å²) in [5, 5.41) is 0. The first-order valence-electron chi connectivity index (χ1n) is 12.1. The van der Waals surface area contributed by atoms with Gasteiger partial charge in [-0.1, -0.05) is 36.4 Å². The van der Waals surface area contributed by atoms with Gasteiger partial charge in [0.15, 0.2) is 17.3 Å². The smallest absolute Gasteiger partial charge is 0.273 e. The molecule has 2 amide bonds. The molecule has 3 aliphatic rings. The normalized spacial score (nSPS) is 21.8. The van der Waals surface area contributed by atoms with Gasteiger partial charge in [0, 0.05) is 37.7 Å². The van der Waals surface area contributed by atoms with E-state index >= 15 is 0 Å². The molecule has 1 aromatic heterocycles. The van der Waals surface area contributed by atoms with Crippen LogP contribution in [0.1, 0.15) is 44.8 Å². The van der Waals surface area contributed by atoms with Gasteiger partial charge in [0.25, 0.3) is 5.91 Å². The second-order valence-electron chi connectivity index (χ2n) is 9.32. The first kappa shape index (κ1) is 23.0. The van der Waals surface area contributed by atoms with E-state index in [1.54, 1.807) is 53.4 Å². The van der Waals surface area contributed by atoms with Crippen molar-refractivity contribution in [3.05, 3.63) is 83.2 Å². The third-order valence-corrected chi connectivity index (χ3v) is 7.36. The van der Waals surface area contributed by atoms with Crippen LogP contribution in [0.2, 0.25) is 0 Å². The summed E-state index contributed by atoms with van der Waals surface area (Å²) in [4.78, 5) is 47.8. The molecule has 2 aromatic carbocycles. The SMILES string of the molecule is COc1cc([C@H]2c3cccnc3C(=O)N3C[C@H](C(=O)c4ccccc4)N(C(C)=O)C[C@H]23)cc2c1OCO2. The number of Topliss-reactive ketones (excluding diaryl/α,β-unsaturated/α-hetero) is 1. The highest BCUT2D eigenvalue weighted by Crippen LogP contribution is 2.47. The Kier molecular flexibility index (Phi) is 5.55. The number of ether oxygens (including phenoxy) is 3. The second-order valence-corrected chi connectivity index (χ2v) is 9.32. The number of rotatable bonds is 4. The van der Waals surface area contributed by atoms with E-state index in [1.165, 1.54) is 6.92 Å². The van der Waals surface area contributed by atoms with Crippen LogP contribution in [0.3, 0.4) is 0 Å². The Morgan fingerprint density at radius 3 is 2.62 bits per heavy atom. The van der Waals surface area contributed by atoms with Gasteiger partial charge in [-0.2, -0.15) is 0 Å². The molecule has 3 aromatic rings. The summed E-state index contributed by atoms with van der Waals surface area (Å²) in [6.45, 7) is 1.82. The van der Waals surface area contributed by atoms with Crippen molar-refractivity contribution in [3.8, 4) is 17.2 Å². The minimum atomic E-state index is -0.794. The number of pyridine rings is 1. The Balaban J connectivity index is 1.47. The third kappa shape index (κ3) is 3.69. The molecule has 188 valence electrons. The lowest BCUT2D eigenvalue weighted by atomic mass is 9.78. The van der Waals surface area contributed by atoms with Crippen LogP contribution in [0.5, 0.6) is 17.2 Å². The molecule has 9 heteroatoms. The van der Waals surface area contributed by atoms with E-state index in [1.807, 2.05) is 24.3 Å². The molecule has 0 N–H and O–H groups in total. The van der Waals surface area contributed by atoms with Gasteiger partial charge in [0.1, 0.15) is 11.7 Å². The standard InChI is InChI=1S/C28H25N3O6/c1-16(32)30-13-20-24(18-11-22(35-2)27-23(12-18)36-15-37-27)19-9-6-10-29-25(19)28(34)31(20)14-21(30)26(33)17-7-4-3-5-8-17/h3-12,20-21,24H,13-15H2,1-2H3/t20-,21-,24+/m1/s1. The predicted octanol–water partition coefficient (Wildman–Crippen LogP) is 2.89. The molecule has 1 fully saturated rings. The summed E-state index contributed by atoms with van der Waals surface area (Å²) in [6, 6.07) is 15.1. The van der Waals surface area contributed by atoms with Crippen molar-refractivity contribution >= 4 is 17.6 Å². The molecule has 37 heavy (non-hydrogen) atoms. The van der Waals surface area contributed by atoms with Crippen LogP contribution in [0, 0.1) is 0 Å². The lowest BCUT2D eigenvalue weighted by Crippen LogP contribution is -2.66. The topological polar surface area (TPSA) is 98.3 Å². The van der Waals surface area contributed by atoms with Crippen molar-refractivity contribution in [1.29, 1.82) is 0 Å². The number of hydrogen-bond donors (Lipinski definition) is 0. The molecule has 3 aliphatic heterocycles. The van der Waals surface area contributed by atoms with E-state index < -0.39 is 12.1 Å². The van der Waals surface area contributed by atoms with E-state index in [0.717, 1.165) is 11.1 Å². The van der Waals surface area contributed by atoms with E-state index in [0.29, 0.717) is 28.5 Å². The van der Waals surface area contributed by atoms with E-state index in [2.05, 4.69) is 4.98 Å². The van der Waals surface area contributed by atoms with Crippen LogP contribution in [-0.4, -0.2) is 71.5 Å². The number of carbonyl (C=O) groups is 3. The number of nitrogens with zero attached hydrogens (tertiary/aromatic N) is 3. The fourth-order valence-corrected chi connectivity index (χ4v) is 5.66. The van der Waals surface area contributed by atoms with Crippen LogP contribution in [0.25, 0.3) is 0 Å². The Bertz CT molecular complexity index is 1410. The highest BCUT2D eigenvalue weighted by atomic mass is 16.7. The van der Waals surface area contributed by atoms with E-state index in [4.69, 9.17) is 14.2 Å². The molecular formula is C28H25N3O6. The minimum Gasteiger partial charge on any atom is -0.493 e. The summed E-state index contributed by atoms with van der Waals surface area (Å²) in [5.74, 6) is 0.604. The number of amides is 2. The van der Waals surface area contributed by atoms with Crippen molar-refractivity contribution < 1.29 is 28.6 Å². The molecule has 1 saturated heterocycles. The molecular weight excluding hydrogens is 474 g/mol. The molecule has 0 aliphatic carbocycles. The molecule has 0 saturated carbocycles. The van der Waals surface area contributed by atoms with E-state index in [-0.39, 0.29) is 43.4 Å². The molecule has 9 nitrogen and oxygen atoms in total. The van der Waals surface area contributed by atoms with Crippen LogP contribution in [0.15, 0.2) is 60.8 Å². The van der Waals surface area contributed by atoms with Gasteiger partial charge in [-0.25, -0.2) is 0 Å². The van der Waals surface area contributed by atoms with Crippen molar-refractivity contribution in [1.82, 2.24) is 14.8 Å². The number of methoxy groups -OCH3 is 1. The number of fused-ring (bicyclic) bond motifs is 3. The van der Waals surface area contributed by atoms with Crippen molar-refractivity contribution in [3.63, 3.8) is 0 Å². The first-order valence-corrected chi connectivity index (χ1v) is 12.1. The summed E-state index contributed by atoms with van der Waals surface area (Å²) < 4.78 is 16.8. The molecule has 0 unspecified atom stereocenters. The zero-order valence-electron chi connectivity index (χ0n) is 20.4. The molecule has 3 atom stereocenters. The summed E-state index contributed by atoms with van der Waals surface area (Å²) in [6.07, 6.45) is 1.59. The monoisotopic (exact) mass is 499 g/mol. The number of benzene rings is 2. The molecule has 0 spiro atoms. The molecule has 0 bridgehead atoms. The average Bonchev–Trinajstić information content (AvgIpc) is 3.41. The first-order chi connectivity index (χ1) is 18.0. The number of carbonyl (C=O) groups excluding carboxylic acids is 3. The van der Waals surface area contributed by atoms with Gasteiger partial charge in [-0.3, -0.25) is 19.4 Å². The van der Waals surface area contributed by atoms with Crippen LogP contribution in [-0.2, 0) is 4.79 Å². The van der Waals surface area contributed by atoms with E-state index in [9.17, 15) is 14.4 Å². The van der Waals surface area contributed by atoms with Crippen LogP contribution in [0.4, 0.5) is 0 Å². The predicted molar refractivity (Wildman–Crippen MR) is 132 cm³/mol. The largest absolute Gasteiger partial charge is 0.493 e. The molecule has 0 radical (unpaired) electrons. The maximum atomic E-state index is 13.7. The minimum absolute atomic E-state index is 0.0744. The van der Waals surface area contributed by atoms with Crippen molar-refractivity contribution in [2.45, 2.75) is 24.9 Å². The fourth-order valence-electron chi connectivity index (χ4n) is 5.66. The zero-order valence-corrected chi connectivity index (χ0v) is 20.4. The summed E-state index contributed by atoms with van der Waals surface area (Å²) in [7, 11) is 1.56. The molecule has 4 heterocycles. The van der Waals surface area contributed by atoms with Gasteiger partial charge >= 0.3 is 0 Å². The maximum absolute atomic E-state index is 13.7. The van der Waals surface area contributed by atoms with Crippen molar-refractivity contribution in [2.24, 2.45) is 0 Å². The second kappa shape index (κ2) is 8.92. The number of piperazine rings is 1. The maximum Gasteiger partial charge on any atom is 0.273 e. The Hall–Kier alpha value is -4.40. The average molecular weight is 500 g/mol. The van der Waals surface area contributed by atoms with Crippen LogP contribution >= 0.6 is 0 Å². The Labute approximate surface area is 213 Å². The zero-order chi connectivity index (χ0) is 25.7. The number of hydrogen-bond acceptors (Lipinski definition) is 7. The highest BCUT2D eigenvalue weighted by molar-refractivity contribution is 6.03. The number of ketones is 1. The van der Waals surface area contributed by atoms with Gasteiger partial charge in [-0.05, 0) is 29.3 Å². The Morgan fingerprint density at radius 1 is 1.05 bits per heavy atom.